The number of hydrogen-bond donors (Lipinski definition) is 1. The predicted octanol–water partition coefficient (Wildman–Crippen LogP) is 4.67. The number of carbonyl (C=O) groups excluding carboxylic acids is 2. The van der Waals surface area contributed by atoms with Crippen molar-refractivity contribution < 1.29 is 9.59 Å². The minimum Gasteiger partial charge on any atom is -0.352 e. The van der Waals surface area contributed by atoms with Gasteiger partial charge in [-0.15, -0.1) is 0 Å². The van der Waals surface area contributed by atoms with Crippen molar-refractivity contribution in [3.63, 3.8) is 0 Å². The minimum atomic E-state index is -0.550. The number of nitrogens with one attached hydrogen (secondary N) is 1. The SMILES string of the molecule is Cc1ccccc1CC(=O)N(Cc1cccc(Cl)c1)[C@H](C)C(=O)NC1CCCC1. The fourth-order valence-electron chi connectivity index (χ4n) is 3.88. The molecule has 1 atom stereocenters. The molecule has 2 aromatic rings. The highest BCUT2D eigenvalue weighted by atomic mass is 35.5. The zero-order valence-corrected chi connectivity index (χ0v) is 17.9. The number of amides is 2. The summed E-state index contributed by atoms with van der Waals surface area (Å²) in [5, 5.41) is 3.75. The second kappa shape index (κ2) is 9.93. The van der Waals surface area contributed by atoms with Gasteiger partial charge in [0.2, 0.25) is 11.8 Å². The molecule has 1 aliphatic rings. The van der Waals surface area contributed by atoms with E-state index < -0.39 is 6.04 Å². The normalized spacial score (nSPS) is 15.1. The van der Waals surface area contributed by atoms with Crippen LogP contribution in [0.5, 0.6) is 0 Å². The number of aryl methyl sites for hydroxylation is 1. The first-order valence-corrected chi connectivity index (χ1v) is 10.7. The summed E-state index contributed by atoms with van der Waals surface area (Å²) in [7, 11) is 0. The molecule has 0 aliphatic heterocycles. The summed E-state index contributed by atoms with van der Waals surface area (Å²) in [4.78, 5) is 27.8. The summed E-state index contributed by atoms with van der Waals surface area (Å²) in [6, 6.07) is 15.0. The first kappa shape index (κ1) is 21.4. The highest BCUT2D eigenvalue weighted by Crippen LogP contribution is 2.20. The lowest BCUT2D eigenvalue weighted by Crippen LogP contribution is -2.50. The molecule has 0 unspecified atom stereocenters. The van der Waals surface area contributed by atoms with E-state index in [0.29, 0.717) is 11.6 Å². The van der Waals surface area contributed by atoms with E-state index in [-0.39, 0.29) is 24.3 Å². The molecular weight excluding hydrogens is 384 g/mol. The highest BCUT2D eigenvalue weighted by Gasteiger charge is 2.28. The molecule has 0 saturated heterocycles. The van der Waals surface area contributed by atoms with Gasteiger partial charge in [-0.1, -0.05) is 60.8 Å². The molecule has 0 radical (unpaired) electrons. The summed E-state index contributed by atoms with van der Waals surface area (Å²) >= 11 is 6.13. The molecule has 5 heteroatoms. The number of carbonyl (C=O) groups is 2. The number of rotatable bonds is 7. The summed E-state index contributed by atoms with van der Waals surface area (Å²) < 4.78 is 0. The lowest BCUT2D eigenvalue weighted by molar-refractivity contribution is -0.140. The molecule has 0 heterocycles. The zero-order chi connectivity index (χ0) is 20.8. The Morgan fingerprint density at radius 1 is 1.14 bits per heavy atom. The summed E-state index contributed by atoms with van der Waals surface area (Å²) in [6.45, 7) is 4.16. The average molecular weight is 413 g/mol. The molecule has 1 N–H and O–H groups in total. The number of nitrogens with zero attached hydrogens (tertiary/aromatic N) is 1. The van der Waals surface area contributed by atoms with E-state index in [4.69, 9.17) is 11.6 Å². The van der Waals surface area contributed by atoms with Crippen LogP contribution >= 0.6 is 11.6 Å². The Morgan fingerprint density at radius 2 is 1.86 bits per heavy atom. The quantitative estimate of drug-likeness (QED) is 0.718. The second-order valence-electron chi connectivity index (χ2n) is 7.92. The van der Waals surface area contributed by atoms with Gasteiger partial charge in [0.15, 0.2) is 0 Å². The smallest absolute Gasteiger partial charge is 0.242 e. The van der Waals surface area contributed by atoms with Crippen LogP contribution in [0, 0.1) is 6.92 Å². The van der Waals surface area contributed by atoms with E-state index in [1.54, 1.807) is 11.0 Å². The summed E-state index contributed by atoms with van der Waals surface area (Å²) in [6.07, 6.45) is 4.61. The maximum Gasteiger partial charge on any atom is 0.242 e. The Bertz CT molecular complexity index is 861. The third-order valence-electron chi connectivity index (χ3n) is 5.71. The number of hydrogen-bond acceptors (Lipinski definition) is 2. The van der Waals surface area contributed by atoms with Gasteiger partial charge in [0.25, 0.3) is 0 Å². The molecule has 0 bridgehead atoms. The average Bonchev–Trinajstić information content (AvgIpc) is 3.20. The van der Waals surface area contributed by atoms with Crippen LogP contribution in [0.25, 0.3) is 0 Å². The molecule has 3 rings (SSSR count). The molecule has 154 valence electrons. The molecule has 1 saturated carbocycles. The van der Waals surface area contributed by atoms with Crippen molar-refractivity contribution in [3.05, 3.63) is 70.2 Å². The third kappa shape index (κ3) is 5.83. The van der Waals surface area contributed by atoms with Crippen LogP contribution in [0.4, 0.5) is 0 Å². The van der Waals surface area contributed by atoms with E-state index in [2.05, 4.69) is 5.32 Å². The van der Waals surface area contributed by atoms with E-state index >= 15 is 0 Å². The Kier molecular flexibility index (Phi) is 7.32. The van der Waals surface area contributed by atoms with Crippen molar-refractivity contribution in [2.45, 2.75) is 64.6 Å². The fraction of sp³-hybridized carbons (Fsp3) is 0.417. The largest absolute Gasteiger partial charge is 0.352 e. The maximum absolute atomic E-state index is 13.3. The van der Waals surface area contributed by atoms with Gasteiger partial charge in [-0.25, -0.2) is 0 Å². The summed E-state index contributed by atoms with van der Waals surface area (Å²) in [5.41, 5.74) is 2.97. The van der Waals surface area contributed by atoms with E-state index in [9.17, 15) is 9.59 Å². The molecule has 1 fully saturated rings. The lowest BCUT2D eigenvalue weighted by atomic mass is 10.0. The minimum absolute atomic E-state index is 0.0617. The Hall–Kier alpha value is -2.33. The monoisotopic (exact) mass is 412 g/mol. The van der Waals surface area contributed by atoms with Crippen molar-refractivity contribution >= 4 is 23.4 Å². The third-order valence-corrected chi connectivity index (χ3v) is 5.95. The highest BCUT2D eigenvalue weighted by molar-refractivity contribution is 6.30. The van der Waals surface area contributed by atoms with Crippen LogP contribution in [-0.4, -0.2) is 28.8 Å². The molecule has 2 amide bonds. The van der Waals surface area contributed by atoms with Gasteiger partial charge < -0.3 is 10.2 Å². The van der Waals surface area contributed by atoms with Crippen molar-refractivity contribution in [1.82, 2.24) is 10.2 Å². The first-order chi connectivity index (χ1) is 13.9. The molecule has 29 heavy (non-hydrogen) atoms. The number of halogens is 1. The number of benzene rings is 2. The van der Waals surface area contributed by atoms with Crippen molar-refractivity contribution in [1.29, 1.82) is 0 Å². The Balaban J connectivity index is 1.78. The van der Waals surface area contributed by atoms with E-state index in [1.165, 1.54) is 0 Å². The maximum atomic E-state index is 13.3. The van der Waals surface area contributed by atoms with Crippen LogP contribution in [0.1, 0.15) is 49.3 Å². The van der Waals surface area contributed by atoms with Crippen molar-refractivity contribution in [2.24, 2.45) is 0 Å². The van der Waals surface area contributed by atoms with Crippen LogP contribution in [-0.2, 0) is 22.6 Å². The van der Waals surface area contributed by atoms with Crippen LogP contribution in [0.15, 0.2) is 48.5 Å². The van der Waals surface area contributed by atoms with E-state index in [0.717, 1.165) is 42.4 Å². The van der Waals surface area contributed by atoms with Gasteiger partial charge in [0.1, 0.15) is 6.04 Å². The summed E-state index contributed by atoms with van der Waals surface area (Å²) in [5.74, 6) is -0.148. The van der Waals surface area contributed by atoms with Crippen LogP contribution < -0.4 is 5.32 Å². The Morgan fingerprint density at radius 3 is 2.55 bits per heavy atom. The van der Waals surface area contributed by atoms with Crippen LogP contribution in [0.2, 0.25) is 5.02 Å². The molecule has 1 aliphatic carbocycles. The Labute approximate surface area is 178 Å². The van der Waals surface area contributed by atoms with Gasteiger partial charge in [-0.05, 0) is 55.5 Å². The molecule has 2 aromatic carbocycles. The predicted molar refractivity (Wildman–Crippen MR) is 117 cm³/mol. The molecule has 0 aromatic heterocycles. The standard InChI is InChI=1S/C24H29ClN2O2/c1-17-8-3-4-10-20(17)15-23(28)27(16-19-9-7-11-21(25)14-19)18(2)24(29)26-22-12-5-6-13-22/h3-4,7-11,14,18,22H,5-6,12-13,15-16H2,1-2H3,(H,26,29)/t18-/m1/s1. The van der Waals surface area contributed by atoms with Gasteiger partial charge in [-0.3, -0.25) is 9.59 Å². The fourth-order valence-corrected chi connectivity index (χ4v) is 4.09. The van der Waals surface area contributed by atoms with Crippen LogP contribution in [0.3, 0.4) is 0 Å². The second-order valence-corrected chi connectivity index (χ2v) is 8.36. The first-order valence-electron chi connectivity index (χ1n) is 10.3. The van der Waals surface area contributed by atoms with Gasteiger partial charge in [0.05, 0.1) is 6.42 Å². The van der Waals surface area contributed by atoms with Gasteiger partial charge >= 0.3 is 0 Å². The topological polar surface area (TPSA) is 49.4 Å². The lowest BCUT2D eigenvalue weighted by Gasteiger charge is -2.30. The van der Waals surface area contributed by atoms with E-state index in [1.807, 2.05) is 56.3 Å². The van der Waals surface area contributed by atoms with Crippen molar-refractivity contribution in [3.8, 4) is 0 Å². The van der Waals surface area contributed by atoms with Gasteiger partial charge in [-0.2, -0.15) is 0 Å². The molecular formula is C24H29ClN2O2. The van der Waals surface area contributed by atoms with Crippen molar-refractivity contribution in [2.75, 3.05) is 0 Å². The molecule has 4 nitrogen and oxygen atoms in total. The zero-order valence-electron chi connectivity index (χ0n) is 17.2. The molecule has 0 spiro atoms. The van der Waals surface area contributed by atoms with Gasteiger partial charge in [0, 0.05) is 17.6 Å².